The summed E-state index contributed by atoms with van der Waals surface area (Å²) in [6.07, 6.45) is 1.81. The maximum Gasteiger partial charge on any atom is 0.191 e. The van der Waals surface area contributed by atoms with Crippen molar-refractivity contribution in [1.82, 2.24) is 15.6 Å². The van der Waals surface area contributed by atoms with Gasteiger partial charge in [-0.25, -0.2) is 9.98 Å². The molecule has 0 aliphatic heterocycles. The number of aliphatic imine (C=N–C) groups is 1. The van der Waals surface area contributed by atoms with E-state index in [1.165, 1.54) is 5.56 Å². The third-order valence-corrected chi connectivity index (χ3v) is 3.93. The molecule has 2 aromatic rings. The van der Waals surface area contributed by atoms with Crippen molar-refractivity contribution in [1.29, 1.82) is 0 Å². The summed E-state index contributed by atoms with van der Waals surface area (Å²) in [4.78, 5) is 11.1. The first kappa shape index (κ1) is 19.6. The molecule has 2 rings (SSSR count). The minimum atomic E-state index is 0.548. The quantitative estimate of drug-likeness (QED) is 0.591. The Morgan fingerprint density at radius 1 is 1.19 bits per heavy atom. The molecule has 1 aromatic carbocycles. The predicted octanol–water partition coefficient (Wildman–Crippen LogP) is 2.72. The van der Waals surface area contributed by atoms with E-state index in [2.05, 4.69) is 47.7 Å². The van der Waals surface area contributed by atoms with Crippen LogP contribution in [0, 0.1) is 6.92 Å². The number of ether oxygens (including phenoxy) is 1. The van der Waals surface area contributed by atoms with E-state index in [1.807, 2.05) is 37.3 Å². The van der Waals surface area contributed by atoms with Gasteiger partial charge in [-0.3, -0.25) is 0 Å². The molecule has 0 unspecified atom stereocenters. The van der Waals surface area contributed by atoms with Crippen LogP contribution >= 0.6 is 0 Å². The molecule has 6 heteroatoms. The van der Waals surface area contributed by atoms with Crippen LogP contribution in [0.1, 0.15) is 23.6 Å². The second kappa shape index (κ2) is 9.65. The van der Waals surface area contributed by atoms with Gasteiger partial charge < -0.3 is 20.3 Å². The predicted molar refractivity (Wildman–Crippen MR) is 108 cm³/mol. The van der Waals surface area contributed by atoms with Gasteiger partial charge in [-0.1, -0.05) is 18.2 Å². The van der Waals surface area contributed by atoms with Crippen molar-refractivity contribution in [2.45, 2.75) is 26.9 Å². The number of benzene rings is 1. The third kappa shape index (κ3) is 5.37. The van der Waals surface area contributed by atoms with E-state index < -0.39 is 0 Å². The molecule has 26 heavy (non-hydrogen) atoms. The zero-order valence-electron chi connectivity index (χ0n) is 16.3. The van der Waals surface area contributed by atoms with E-state index in [9.17, 15) is 0 Å². The molecular weight excluding hydrogens is 326 g/mol. The normalized spacial score (nSPS) is 11.2. The molecule has 0 saturated carbocycles. The molecule has 0 aliphatic carbocycles. The molecule has 0 atom stereocenters. The Morgan fingerprint density at radius 3 is 2.69 bits per heavy atom. The Balaban J connectivity index is 2.10. The highest BCUT2D eigenvalue weighted by molar-refractivity contribution is 5.80. The van der Waals surface area contributed by atoms with Crippen LogP contribution in [0.4, 0.5) is 5.82 Å². The first-order valence-corrected chi connectivity index (χ1v) is 8.82. The van der Waals surface area contributed by atoms with Crippen molar-refractivity contribution in [2.24, 2.45) is 4.99 Å². The summed E-state index contributed by atoms with van der Waals surface area (Å²) < 4.78 is 5.47. The lowest BCUT2D eigenvalue weighted by Crippen LogP contribution is -2.37. The van der Waals surface area contributed by atoms with Crippen LogP contribution in [0.5, 0.6) is 5.75 Å². The number of hydrogen-bond donors (Lipinski definition) is 2. The molecule has 6 nitrogen and oxygen atoms in total. The van der Waals surface area contributed by atoms with Crippen LogP contribution in [0.3, 0.4) is 0 Å². The molecule has 2 N–H and O–H groups in total. The molecule has 0 aliphatic rings. The number of hydrogen-bond acceptors (Lipinski definition) is 4. The van der Waals surface area contributed by atoms with E-state index in [0.717, 1.165) is 35.2 Å². The molecule has 0 spiro atoms. The van der Waals surface area contributed by atoms with Gasteiger partial charge in [-0.15, -0.1) is 0 Å². The number of rotatable bonds is 7. The molecule has 0 amide bonds. The molecule has 0 bridgehead atoms. The van der Waals surface area contributed by atoms with Gasteiger partial charge in [0.25, 0.3) is 0 Å². The maximum atomic E-state index is 5.47. The van der Waals surface area contributed by atoms with E-state index >= 15 is 0 Å². The summed E-state index contributed by atoms with van der Waals surface area (Å²) in [5.41, 5.74) is 3.36. The summed E-state index contributed by atoms with van der Waals surface area (Å²) in [5, 5.41) is 6.67. The first-order valence-electron chi connectivity index (χ1n) is 8.82. The summed E-state index contributed by atoms with van der Waals surface area (Å²) in [6.45, 7) is 6.10. The highest BCUT2D eigenvalue weighted by Gasteiger charge is 2.07. The second-order valence-electron chi connectivity index (χ2n) is 6.24. The summed E-state index contributed by atoms with van der Waals surface area (Å²) in [5.74, 6) is 2.59. The van der Waals surface area contributed by atoms with Crippen molar-refractivity contribution >= 4 is 11.8 Å². The number of methoxy groups -OCH3 is 1. The van der Waals surface area contributed by atoms with Crippen molar-refractivity contribution in [3.63, 3.8) is 0 Å². The van der Waals surface area contributed by atoms with Crippen LogP contribution in [0.2, 0.25) is 0 Å². The first-order chi connectivity index (χ1) is 12.5. The van der Waals surface area contributed by atoms with Crippen molar-refractivity contribution in [2.75, 3.05) is 32.6 Å². The SMILES string of the molecule is CCNC(=NCc1ccc(C)cc1OC)NCc1cccnc1N(C)C. The fourth-order valence-electron chi connectivity index (χ4n) is 2.64. The lowest BCUT2D eigenvalue weighted by molar-refractivity contribution is 0.409. The fraction of sp³-hybridized carbons (Fsp3) is 0.400. The molecule has 0 fully saturated rings. The van der Waals surface area contributed by atoms with Gasteiger partial charge in [-0.2, -0.15) is 0 Å². The summed E-state index contributed by atoms with van der Waals surface area (Å²) >= 11 is 0. The van der Waals surface area contributed by atoms with Crippen LogP contribution in [0.25, 0.3) is 0 Å². The monoisotopic (exact) mass is 355 g/mol. The van der Waals surface area contributed by atoms with Crippen LogP contribution in [-0.2, 0) is 13.1 Å². The highest BCUT2D eigenvalue weighted by Crippen LogP contribution is 2.20. The molecule has 0 saturated heterocycles. The number of guanidine groups is 1. The maximum absolute atomic E-state index is 5.47. The van der Waals surface area contributed by atoms with Crippen molar-refractivity contribution in [3.8, 4) is 5.75 Å². The average molecular weight is 355 g/mol. The van der Waals surface area contributed by atoms with Gasteiger partial charge >= 0.3 is 0 Å². The van der Waals surface area contributed by atoms with Gasteiger partial charge in [0.15, 0.2) is 5.96 Å². The minimum Gasteiger partial charge on any atom is -0.496 e. The minimum absolute atomic E-state index is 0.548. The van der Waals surface area contributed by atoms with Crippen LogP contribution in [-0.4, -0.2) is 38.7 Å². The zero-order valence-corrected chi connectivity index (χ0v) is 16.3. The van der Waals surface area contributed by atoms with Crippen LogP contribution < -0.4 is 20.3 Å². The number of nitrogens with one attached hydrogen (secondary N) is 2. The largest absolute Gasteiger partial charge is 0.496 e. The second-order valence-corrected chi connectivity index (χ2v) is 6.24. The molecular formula is C20H29N5O. The van der Waals surface area contributed by atoms with E-state index in [0.29, 0.717) is 13.1 Å². The Bertz CT molecular complexity index is 743. The molecule has 0 radical (unpaired) electrons. The lowest BCUT2D eigenvalue weighted by Gasteiger charge is -2.17. The lowest BCUT2D eigenvalue weighted by atomic mass is 10.1. The van der Waals surface area contributed by atoms with Gasteiger partial charge in [0.1, 0.15) is 11.6 Å². The Labute approximate surface area is 156 Å². The number of aryl methyl sites for hydroxylation is 1. The Hall–Kier alpha value is -2.76. The summed E-state index contributed by atoms with van der Waals surface area (Å²) in [6, 6.07) is 10.2. The zero-order chi connectivity index (χ0) is 18.9. The van der Waals surface area contributed by atoms with Gasteiger partial charge in [0.05, 0.1) is 13.7 Å². The number of nitrogens with zero attached hydrogens (tertiary/aromatic N) is 3. The topological polar surface area (TPSA) is 61.8 Å². The third-order valence-electron chi connectivity index (χ3n) is 3.93. The Morgan fingerprint density at radius 2 is 2.00 bits per heavy atom. The van der Waals surface area contributed by atoms with Gasteiger partial charge in [-0.05, 0) is 31.5 Å². The number of pyridine rings is 1. The summed E-state index contributed by atoms with van der Waals surface area (Å²) in [7, 11) is 5.68. The molecule has 140 valence electrons. The van der Waals surface area contributed by atoms with Gasteiger partial charge in [0, 0.05) is 44.5 Å². The number of anilines is 1. The van der Waals surface area contributed by atoms with Crippen LogP contribution in [0.15, 0.2) is 41.5 Å². The molecule has 1 aromatic heterocycles. The van der Waals surface area contributed by atoms with Crippen molar-refractivity contribution < 1.29 is 4.74 Å². The standard InChI is InChI=1S/C20H29N5O/c1-6-21-20(23-13-16-10-9-15(2)12-18(16)26-5)24-14-17-8-7-11-22-19(17)25(3)4/h7-12H,6,13-14H2,1-5H3,(H2,21,23,24). The van der Waals surface area contributed by atoms with E-state index in [4.69, 9.17) is 9.73 Å². The number of aromatic nitrogens is 1. The smallest absolute Gasteiger partial charge is 0.191 e. The highest BCUT2D eigenvalue weighted by atomic mass is 16.5. The fourth-order valence-corrected chi connectivity index (χ4v) is 2.64. The van der Waals surface area contributed by atoms with Crippen molar-refractivity contribution in [3.05, 3.63) is 53.2 Å². The average Bonchev–Trinajstić information content (AvgIpc) is 2.64. The van der Waals surface area contributed by atoms with E-state index in [-0.39, 0.29) is 0 Å². The van der Waals surface area contributed by atoms with Gasteiger partial charge in [0.2, 0.25) is 0 Å². The molecule has 1 heterocycles. The van der Waals surface area contributed by atoms with E-state index in [1.54, 1.807) is 7.11 Å². The Kier molecular flexibility index (Phi) is 7.26.